The number of rotatable bonds is 8. The molecule has 0 aliphatic heterocycles. The van der Waals surface area contributed by atoms with Crippen LogP contribution in [0.15, 0.2) is 29.2 Å². The molecule has 0 atom stereocenters. The second-order valence-electron chi connectivity index (χ2n) is 5.45. The zero-order chi connectivity index (χ0) is 15.6. The first kappa shape index (κ1) is 16.7. The van der Waals surface area contributed by atoms with E-state index >= 15 is 0 Å². The lowest BCUT2D eigenvalue weighted by atomic mass is 9.97. The molecule has 0 bridgehead atoms. The summed E-state index contributed by atoms with van der Waals surface area (Å²) in [6, 6.07) is 3.95. The molecular weight excluding hydrogens is 298 g/mol. The van der Waals surface area contributed by atoms with Gasteiger partial charge in [-0.1, -0.05) is 17.7 Å². The van der Waals surface area contributed by atoms with Crippen molar-refractivity contribution in [2.24, 2.45) is 0 Å². The van der Waals surface area contributed by atoms with Gasteiger partial charge in [-0.3, -0.25) is 9.59 Å². The summed E-state index contributed by atoms with van der Waals surface area (Å²) in [4.78, 5) is 24.3. The van der Waals surface area contributed by atoms with Gasteiger partial charge in [-0.05, 0) is 50.0 Å². The second kappa shape index (κ2) is 9.41. The molecule has 0 spiro atoms. The number of nitrogens with one attached hydrogen (secondary N) is 1. The molecule has 22 heavy (non-hydrogen) atoms. The van der Waals surface area contributed by atoms with Crippen LogP contribution in [-0.4, -0.2) is 25.0 Å². The number of ether oxygens (including phenoxy) is 1. The normalized spacial score (nSPS) is 14.3. The smallest absolute Gasteiger partial charge is 0.306 e. The summed E-state index contributed by atoms with van der Waals surface area (Å²) >= 11 is 1.62. The van der Waals surface area contributed by atoms with Crippen LogP contribution in [0.1, 0.15) is 43.4 Å². The highest BCUT2D eigenvalue weighted by Crippen LogP contribution is 2.19. The van der Waals surface area contributed by atoms with Crippen LogP contribution in [0, 0.1) is 0 Å². The Bertz CT molecular complexity index is 508. The van der Waals surface area contributed by atoms with E-state index in [4.69, 9.17) is 4.74 Å². The number of hydrogen-bond donors (Lipinski definition) is 1. The number of amides is 1. The van der Waals surface area contributed by atoms with Gasteiger partial charge >= 0.3 is 5.97 Å². The van der Waals surface area contributed by atoms with Gasteiger partial charge in [0, 0.05) is 11.4 Å². The number of aryl methyl sites for hydroxylation is 1. The molecule has 5 heteroatoms. The zero-order valence-electron chi connectivity index (χ0n) is 12.8. The molecule has 0 saturated carbocycles. The number of thiophene rings is 1. The molecule has 4 nitrogen and oxygen atoms in total. The van der Waals surface area contributed by atoms with Gasteiger partial charge in [0.15, 0.2) is 6.61 Å². The molecule has 1 heterocycles. The minimum atomic E-state index is -0.321. The van der Waals surface area contributed by atoms with Crippen LogP contribution in [0.5, 0.6) is 0 Å². The predicted octanol–water partition coefficient (Wildman–Crippen LogP) is 3.23. The summed E-state index contributed by atoms with van der Waals surface area (Å²) in [6.07, 6.45) is 9.00. The molecule has 0 unspecified atom stereocenters. The van der Waals surface area contributed by atoms with Crippen LogP contribution >= 0.6 is 11.3 Å². The van der Waals surface area contributed by atoms with Gasteiger partial charge in [-0.2, -0.15) is 0 Å². The lowest BCUT2D eigenvalue weighted by Gasteiger charge is -2.13. The third-order valence-electron chi connectivity index (χ3n) is 3.67. The highest BCUT2D eigenvalue weighted by molar-refractivity contribution is 7.09. The van der Waals surface area contributed by atoms with Crippen LogP contribution in [0.4, 0.5) is 0 Å². The first-order valence-corrected chi connectivity index (χ1v) is 8.74. The summed E-state index contributed by atoms with van der Waals surface area (Å²) in [5.74, 6) is -0.542. The van der Waals surface area contributed by atoms with E-state index in [0.29, 0.717) is 19.4 Å². The number of carbonyl (C=O) groups excluding carboxylic acids is 2. The molecule has 1 aromatic heterocycles. The van der Waals surface area contributed by atoms with Crippen molar-refractivity contribution in [3.8, 4) is 0 Å². The monoisotopic (exact) mass is 321 g/mol. The summed E-state index contributed by atoms with van der Waals surface area (Å²) in [5.41, 5.74) is 1.43. The van der Waals surface area contributed by atoms with Crippen molar-refractivity contribution in [3.05, 3.63) is 34.0 Å². The van der Waals surface area contributed by atoms with Crippen molar-refractivity contribution in [3.63, 3.8) is 0 Å². The SMILES string of the molecule is O=C(COC(=O)CCc1cccs1)NCCC1=CCCCC1. The fourth-order valence-corrected chi connectivity index (χ4v) is 3.15. The lowest BCUT2D eigenvalue weighted by Crippen LogP contribution is -2.29. The standard InChI is InChI=1S/C17H23NO3S/c19-16(18-11-10-14-5-2-1-3-6-14)13-21-17(20)9-8-15-7-4-12-22-15/h4-5,7,12H,1-3,6,8-11,13H2,(H,18,19). The predicted molar refractivity (Wildman–Crippen MR) is 87.8 cm³/mol. The van der Waals surface area contributed by atoms with Gasteiger partial charge in [-0.15, -0.1) is 11.3 Å². The molecule has 0 fully saturated rings. The molecule has 0 aromatic carbocycles. The van der Waals surface area contributed by atoms with Crippen LogP contribution in [0.2, 0.25) is 0 Å². The number of carbonyl (C=O) groups is 2. The largest absolute Gasteiger partial charge is 0.456 e. The molecule has 0 saturated heterocycles. The first-order chi connectivity index (χ1) is 10.7. The Morgan fingerprint density at radius 2 is 2.18 bits per heavy atom. The Morgan fingerprint density at radius 3 is 2.91 bits per heavy atom. The van der Waals surface area contributed by atoms with Crippen molar-refractivity contribution < 1.29 is 14.3 Å². The van der Waals surface area contributed by atoms with E-state index in [1.807, 2.05) is 17.5 Å². The van der Waals surface area contributed by atoms with E-state index in [1.54, 1.807) is 11.3 Å². The van der Waals surface area contributed by atoms with Crippen molar-refractivity contribution in [1.29, 1.82) is 0 Å². The maximum atomic E-state index is 11.6. The Morgan fingerprint density at radius 1 is 1.27 bits per heavy atom. The molecule has 1 aliphatic carbocycles. The highest BCUT2D eigenvalue weighted by atomic mass is 32.1. The van der Waals surface area contributed by atoms with E-state index in [2.05, 4.69) is 11.4 Å². The average Bonchev–Trinajstić information content (AvgIpc) is 3.05. The number of hydrogen-bond acceptors (Lipinski definition) is 4. The Hall–Kier alpha value is -1.62. The molecule has 0 radical (unpaired) electrons. The minimum absolute atomic E-state index is 0.178. The topological polar surface area (TPSA) is 55.4 Å². The van der Waals surface area contributed by atoms with Crippen molar-refractivity contribution in [2.75, 3.05) is 13.2 Å². The van der Waals surface area contributed by atoms with Gasteiger partial charge in [-0.25, -0.2) is 0 Å². The van der Waals surface area contributed by atoms with E-state index in [1.165, 1.54) is 18.4 Å². The third-order valence-corrected chi connectivity index (χ3v) is 4.61. The minimum Gasteiger partial charge on any atom is -0.456 e. The summed E-state index contributed by atoms with van der Waals surface area (Å²) in [5, 5.41) is 4.78. The Kier molecular flexibility index (Phi) is 7.16. The third kappa shape index (κ3) is 6.43. The maximum Gasteiger partial charge on any atom is 0.306 e. The van der Waals surface area contributed by atoms with Gasteiger partial charge < -0.3 is 10.1 Å². The van der Waals surface area contributed by atoms with Crippen molar-refractivity contribution in [2.45, 2.75) is 44.9 Å². The summed E-state index contributed by atoms with van der Waals surface area (Å²) in [6.45, 7) is 0.444. The zero-order valence-corrected chi connectivity index (χ0v) is 13.6. The van der Waals surface area contributed by atoms with Gasteiger partial charge in [0.1, 0.15) is 0 Å². The maximum absolute atomic E-state index is 11.6. The summed E-state index contributed by atoms with van der Waals surface area (Å²) < 4.78 is 4.98. The highest BCUT2D eigenvalue weighted by Gasteiger charge is 2.09. The van der Waals surface area contributed by atoms with E-state index in [-0.39, 0.29) is 18.5 Å². The number of esters is 1. The molecule has 1 aliphatic rings. The van der Waals surface area contributed by atoms with Crippen LogP contribution < -0.4 is 5.32 Å². The number of allylic oxidation sites excluding steroid dienone is 1. The average molecular weight is 321 g/mol. The van der Waals surface area contributed by atoms with Gasteiger partial charge in [0.05, 0.1) is 6.42 Å². The van der Waals surface area contributed by atoms with Gasteiger partial charge in [0.25, 0.3) is 5.91 Å². The molecule has 1 aromatic rings. The molecule has 1 N–H and O–H groups in total. The first-order valence-electron chi connectivity index (χ1n) is 7.86. The second-order valence-corrected chi connectivity index (χ2v) is 6.48. The van der Waals surface area contributed by atoms with E-state index in [0.717, 1.165) is 24.1 Å². The van der Waals surface area contributed by atoms with E-state index < -0.39 is 0 Å². The molecule has 2 rings (SSSR count). The van der Waals surface area contributed by atoms with Gasteiger partial charge in [0.2, 0.25) is 0 Å². The van der Waals surface area contributed by atoms with Crippen LogP contribution in [-0.2, 0) is 20.7 Å². The molecule has 1 amide bonds. The van der Waals surface area contributed by atoms with Crippen molar-refractivity contribution in [1.82, 2.24) is 5.32 Å². The quantitative estimate of drug-likeness (QED) is 0.591. The van der Waals surface area contributed by atoms with Crippen LogP contribution in [0.25, 0.3) is 0 Å². The van der Waals surface area contributed by atoms with E-state index in [9.17, 15) is 9.59 Å². The van der Waals surface area contributed by atoms with Crippen molar-refractivity contribution >= 4 is 23.2 Å². The Labute approximate surface area is 135 Å². The fourth-order valence-electron chi connectivity index (χ4n) is 2.44. The van der Waals surface area contributed by atoms with Crippen LogP contribution in [0.3, 0.4) is 0 Å². The lowest BCUT2D eigenvalue weighted by molar-refractivity contribution is -0.148. The summed E-state index contributed by atoms with van der Waals surface area (Å²) in [7, 11) is 0. The molecule has 120 valence electrons. The fraction of sp³-hybridized carbons (Fsp3) is 0.529. The Balaban J connectivity index is 1.53. The molecular formula is C17H23NO3S.